The van der Waals surface area contributed by atoms with Crippen LogP contribution in [0.3, 0.4) is 0 Å². The van der Waals surface area contributed by atoms with Crippen molar-refractivity contribution in [3.05, 3.63) is 35.9 Å². The van der Waals surface area contributed by atoms with Crippen molar-refractivity contribution in [2.45, 2.75) is 51.6 Å². The largest absolute Gasteiger partial charge is 0.308 e. The van der Waals surface area contributed by atoms with Crippen molar-refractivity contribution in [3.63, 3.8) is 0 Å². The minimum absolute atomic E-state index is 0.424. The molecule has 0 amide bonds. The topological polar surface area (TPSA) is 15.3 Å². The van der Waals surface area contributed by atoms with Gasteiger partial charge in [-0.1, -0.05) is 56.5 Å². The van der Waals surface area contributed by atoms with Gasteiger partial charge in [-0.25, -0.2) is 0 Å². The molecule has 0 aliphatic rings. The first-order valence-electron chi connectivity index (χ1n) is 7.59. The number of benzene rings is 1. The predicted octanol–water partition coefficient (Wildman–Crippen LogP) is 3.85. The van der Waals surface area contributed by atoms with E-state index >= 15 is 0 Å². The highest BCUT2D eigenvalue weighted by Crippen LogP contribution is 2.15. The highest BCUT2D eigenvalue weighted by atomic mass is 15.1. The third-order valence-corrected chi connectivity index (χ3v) is 3.48. The van der Waals surface area contributed by atoms with E-state index < -0.39 is 0 Å². The molecule has 0 fully saturated rings. The van der Waals surface area contributed by atoms with Crippen molar-refractivity contribution in [1.29, 1.82) is 0 Å². The maximum Gasteiger partial charge on any atom is 0.0451 e. The molecule has 1 aromatic carbocycles. The molecule has 0 bridgehead atoms. The monoisotopic (exact) mass is 262 g/mol. The van der Waals surface area contributed by atoms with E-state index in [1.54, 1.807) is 0 Å². The molecule has 0 aliphatic carbocycles. The van der Waals surface area contributed by atoms with Gasteiger partial charge in [-0.15, -0.1) is 0 Å². The predicted molar refractivity (Wildman–Crippen MR) is 84.5 cm³/mol. The average molecular weight is 262 g/mol. The molecule has 0 aromatic heterocycles. The zero-order chi connectivity index (χ0) is 14.1. The molecule has 1 aromatic rings. The van der Waals surface area contributed by atoms with E-state index in [2.05, 4.69) is 68.5 Å². The van der Waals surface area contributed by atoms with E-state index in [-0.39, 0.29) is 0 Å². The van der Waals surface area contributed by atoms with Crippen LogP contribution in [0.4, 0.5) is 0 Å². The number of nitrogens with one attached hydrogen (secondary N) is 1. The standard InChI is InChI=1S/C17H30N2/c1-5-6-8-11-15(2)18-17(14-19(3)4)16-12-9-7-10-13-16/h7,9-10,12-13,15,17-18H,5-6,8,11,14H2,1-4H3. The zero-order valence-corrected chi connectivity index (χ0v) is 13.0. The second kappa shape index (κ2) is 9.11. The fourth-order valence-electron chi connectivity index (χ4n) is 2.43. The van der Waals surface area contributed by atoms with Gasteiger partial charge in [0.1, 0.15) is 0 Å². The molecule has 0 spiro atoms. The number of unbranched alkanes of at least 4 members (excludes halogenated alkanes) is 2. The SMILES string of the molecule is CCCCCC(C)NC(CN(C)C)c1ccccc1. The highest BCUT2D eigenvalue weighted by molar-refractivity contribution is 5.19. The number of hydrogen-bond acceptors (Lipinski definition) is 2. The van der Waals surface area contributed by atoms with Crippen molar-refractivity contribution >= 4 is 0 Å². The number of rotatable bonds is 9. The Bertz CT molecular complexity index is 321. The summed E-state index contributed by atoms with van der Waals surface area (Å²) in [5, 5.41) is 3.78. The van der Waals surface area contributed by atoms with Gasteiger partial charge in [-0.2, -0.15) is 0 Å². The summed E-state index contributed by atoms with van der Waals surface area (Å²) in [5.74, 6) is 0. The quantitative estimate of drug-likeness (QED) is 0.680. The van der Waals surface area contributed by atoms with E-state index in [1.165, 1.54) is 31.2 Å². The molecule has 108 valence electrons. The third kappa shape index (κ3) is 6.74. The summed E-state index contributed by atoms with van der Waals surface area (Å²) < 4.78 is 0. The first-order chi connectivity index (χ1) is 9.13. The maximum absolute atomic E-state index is 3.78. The van der Waals surface area contributed by atoms with Crippen LogP contribution >= 0.6 is 0 Å². The van der Waals surface area contributed by atoms with Crippen molar-refractivity contribution in [1.82, 2.24) is 10.2 Å². The van der Waals surface area contributed by atoms with E-state index in [0.29, 0.717) is 12.1 Å². The van der Waals surface area contributed by atoms with E-state index in [0.717, 1.165) is 6.54 Å². The minimum atomic E-state index is 0.424. The Morgan fingerprint density at radius 3 is 2.37 bits per heavy atom. The summed E-state index contributed by atoms with van der Waals surface area (Å²) in [6.07, 6.45) is 5.24. The van der Waals surface area contributed by atoms with Crippen molar-refractivity contribution in [2.24, 2.45) is 0 Å². The molecule has 2 atom stereocenters. The Hall–Kier alpha value is -0.860. The zero-order valence-electron chi connectivity index (χ0n) is 13.0. The van der Waals surface area contributed by atoms with Gasteiger partial charge in [0.2, 0.25) is 0 Å². The lowest BCUT2D eigenvalue weighted by atomic mass is 10.0. The van der Waals surface area contributed by atoms with Crippen LogP contribution in [0.2, 0.25) is 0 Å². The van der Waals surface area contributed by atoms with Crippen LogP contribution in [-0.4, -0.2) is 31.6 Å². The summed E-state index contributed by atoms with van der Waals surface area (Å²) in [7, 11) is 4.28. The molecule has 0 aliphatic heterocycles. The summed E-state index contributed by atoms with van der Waals surface area (Å²) >= 11 is 0. The van der Waals surface area contributed by atoms with Gasteiger partial charge in [0.15, 0.2) is 0 Å². The Morgan fingerprint density at radius 1 is 1.11 bits per heavy atom. The lowest BCUT2D eigenvalue weighted by Crippen LogP contribution is -2.36. The molecule has 2 unspecified atom stereocenters. The summed E-state index contributed by atoms with van der Waals surface area (Å²) in [5.41, 5.74) is 1.39. The Morgan fingerprint density at radius 2 is 1.79 bits per heavy atom. The van der Waals surface area contributed by atoms with Crippen LogP contribution in [0.15, 0.2) is 30.3 Å². The molecular weight excluding hydrogens is 232 g/mol. The Balaban J connectivity index is 2.55. The highest BCUT2D eigenvalue weighted by Gasteiger charge is 2.14. The lowest BCUT2D eigenvalue weighted by molar-refractivity contribution is 0.317. The van der Waals surface area contributed by atoms with Gasteiger partial charge >= 0.3 is 0 Å². The number of nitrogens with zero attached hydrogens (tertiary/aromatic N) is 1. The molecule has 1 N–H and O–H groups in total. The first-order valence-corrected chi connectivity index (χ1v) is 7.59. The lowest BCUT2D eigenvalue weighted by Gasteiger charge is -2.26. The second-order valence-electron chi connectivity index (χ2n) is 5.79. The molecule has 1 rings (SSSR count). The van der Waals surface area contributed by atoms with Crippen LogP contribution < -0.4 is 5.32 Å². The van der Waals surface area contributed by atoms with Gasteiger partial charge in [-0.3, -0.25) is 0 Å². The van der Waals surface area contributed by atoms with Crippen molar-refractivity contribution in [3.8, 4) is 0 Å². The molecule has 0 saturated carbocycles. The number of hydrogen-bond donors (Lipinski definition) is 1. The molecule has 2 nitrogen and oxygen atoms in total. The Kier molecular flexibility index (Phi) is 7.76. The van der Waals surface area contributed by atoms with Crippen molar-refractivity contribution < 1.29 is 0 Å². The minimum Gasteiger partial charge on any atom is -0.308 e. The molecular formula is C17H30N2. The Labute approximate surface area is 119 Å². The summed E-state index contributed by atoms with van der Waals surface area (Å²) in [6.45, 7) is 5.61. The fraction of sp³-hybridized carbons (Fsp3) is 0.647. The average Bonchev–Trinajstić information content (AvgIpc) is 2.39. The maximum atomic E-state index is 3.78. The van der Waals surface area contributed by atoms with E-state index in [4.69, 9.17) is 0 Å². The van der Waals surface area contributed by atoms with Gasteiger partial charge in [-0.05, 0) is 33.0 Å². The van der Waals surface area contributed by atoms with Crippen LogP contribution in [0, 0.1) is 0 Å². The van der Waals surface area contributed by atoms with Gasteiger partial charge in [0.05, 0.1) is 0 Å². The third-order valence-electron chi connectivity index (χ3n) is 3.48. The summed E-state index contributed by atoms with van der Waals surface area (Å²) in [4.78, 5) is 2.25. The van der Waals surface area contributed by atoms with Crippen LogP contribution in [0.25, 0.3) is 0 Å². The molecule has 19 heavy (non-hydrogen) atoms. The van der Waals surface area contributed by atoms with Crippen LogP contribution in [-0.2, 0) is 0 Å². The van der Waals surface area contributed by atoms with Gasteiger partial charge in [0, 0.05) is 18.6 Å². The molecule has 0 radical (unpaired) electrons. The first kappa shape index (κ1) is 16.2. The van der Waals surface area contributed by atoms with E-state index in [9.17, 15) is 0 Å². The normalized spacial score (nSPS) is 14.6. The van der Waals surface area contributed by atoms with Gasteiger partial charge < -0.3 is 10.2 Å². The summed E-state index contributed by atoms with van der Waals surface area (Å²) in [6, 6.07) is 11.8. The number of likely N-dealkylation sites (N-methyl/N-ethyl adjacent to an activating group) is 1. The van der Waals surface area contributed by atoms with E-state index in [1.807, 2.05) is 0 Å². The molecule has 0 saturated heterocycles. The molecule has 2 heteroatoms. The fourth-order valence-corrected chi connectivity index (χ4v) is 2.43. The van der Waals surface area contributed by atoms with Gasteiger partial charge in [0.25, 0.3) is 0 Å². The molecule has 0 heterocycles. The second-order valence-corrected chi connectivity index (χ2v) is 5.79. The van der Waals surface area contributed by atoms with Crippen LogP contribution in [0.5, 0.6) is 0 Å². The van der Waals surface area contributed by atoms with Crippen LogP contribution in [0.1, 0.15) is 51.1 Å². The van der Waals surface area contributed by atoms with Crippen molar-refractivity contribution in [2.75, 3.05) is 20.6 Å². The smallest absolute Gasteiger partial charge is 0.0451 e.